The lowest BCUT2D eigenvalue weighted by molar-refractivity contribution is -0.127. The Balaban J connectivity index is 1.40. The molecule has 0 N–H and O–H groups in total. The molecule has 1 atom stereocenters. The van der Waals surface area contributed by atoms with Crippen LogP contribution in [0.1, 0.15) is 51.4 Å². The number of fused-ring (bicyclic) bond motifs is 1. The summed E-state index contributed by atoms with van der Waals surface area (Å²) in [6.07, 6.45) is 10.8. The SMILES string of the molecule is O=C(CSc1nc2ccccc2c(=O)n1CC1CCCO1)N(C1=CCCCC1)C1CC1. The zero-order chi connectivity index (χ0) is 21.2. The summed E-state index contributed by atoms with van der Waals surface area (Å²) in [4.78, 5) is 33.3. The maximum Gasteiger partial charge on any atom is 0.262 e. The summed E-state index contributed by atoms with van der Waals surface area (Å²) in [7, 11) is 0. The number of ether oxygens (including phenoxy) is 1. The van der Waals surface area contributed by atoms with Crippen molar-refractivity contribution in [3.8, 4) is 0 Å². The summed E-state index contributed by atoms with van der Waals surface area (Å²) in [5.74, 6) is 0.427. The van der Waals surface area contributed by atoms with Gasteiger partial charge in [0, 0.05) is 18.3 Å². The molecule has 6 nitrogen and oxygen atoms in total. The number of amides is 1. The normalized spacial score (nSPS) is 21.3. The molecule has 2 fully saturated rings. The number of para-hydroxylation sites is 1. The number of aromatic nitrogens is 2. The van der Waals surface area contributed by atoms with Crippen molar-refractivity contribution >= 4 is 28.6 Å². The number of nitrogens with zero attached hydrogens (tertiary/aromatic N) is 3. The predicted molar refractivity (Wildman–Crippen MR) is 122 cm³/mol. The van der Waals surface area contributed by atoms with Gasteiger partial charge in [0.15, 0.2) is 5.16 Å². The fraction of sp³-hybridized carbons (Fsp3) is 0.542. The zero-order valence-electron chi connectivity index (χ0n) is 17.8. The van der Waals surface area contributed by atoms with E-state index in [2.05, 4.69) is 6.08 Å². The second-order valence-corrected chi connectivity index (χ2v) is 9.63. The molecule has 1 saturated heterocycles. The molecule has 1 amide bonds. The lowest BCUT2D eigenvalue weighted by Gasteiger charge is -2.28. The van der Waals surface area contributed by atoms with Gasteiger partial charge in [0.1, 0.15) is 0 Å². The van der Waals surface area contributed by atoms with Crippen molar-refractivity contribution in [2.24, 2.45) is 0 Å². The molecule has 1 aliphatic heterocycles. The second kappa shape index (κ2) is 9.17. The first kappa shape index (κ1) is 20.8. The first-order valence-corrected chi connectivity index (χ1v) is 12.4. The molecule has 1 aromatic heterocycles. The number of carbonyl (C=O) groups excluding carboxylic acids is 1. The van der Waals surface area contributed by atoms with Gasteiger partial charge in [-0.1, -0.05) is 30.0 Å². The van der Waals surface area contributed by atoms with Crippen LogP contribution in [-0.2, 0) is 16.1 Å². The maximum atomic E-state index is 13.2. The molecule has 7 heteroatoms. The quantitative estimate of drug-likeness (QED) is 0.480. The Labute approximate surface area is 186 Å². The van der Waals surface area contributed by atoms with Crippen LogP contribution in [0.25, 0.3) is 10.9 Å². The highest BCUT2D eigenvalue weighted by molar-refractivity contribution is 7.99. The average molecular weight is 440 g/mol. The van der Waals surface area contributed by atoms with Crippen LogP contribution in [0.3, 0.4) is 0 Å². The third-order valence-corrected chi connectivity index (χ3v) is 7.28. The van der Waals surface area contributed by atoms with E-state index in [0.29, 0.717) is 34.4 Å². The Morgan fingerprint density at radius 2 is 2.06 bits per heavy atom. The van der Waals surface area contributed by atoms with E-state index >= 15 is 0 Å². The zero-order valence-corrected chi connectivity index (χ0v) is 18.6. The largest absolute Gasteiger partial charge is 0.376 e. The average Bonchev–Trinajstić information content (AvgIpc) is 3.49. The highest BCUT2D eigenvalue weighted by Crippen LogP contribution is 2.34. The number of hydrogen-bond acceptors (Lipinski definition) is 5. The van der Waals surface area contributed by atoms with Crippen molar-refractivity contribution in [1.29, 1.82) is 0 Å². The molecule has 164 valence electrons. The van der Waals surface area contributed by atoms with Crippen molar-refractivity contribution < 1.29 is 9.53 Å². The molecule has 0 radical (unpaired) electrons. The predicted octanol–water partition coefficient (Wildman–Crippen LogP) is 4.12. The van der Waals surface area contributed by atoms with Crippen LogP contribution in [0.15, 0.2) is 46.0 Å². The molecular weight excluding hydrogens is 410 g/mol. The second-order valence-electron chi connectivity index (χ2n) is 8.69. The van der Waals surface area contributed by atoms with E-state index in [1.165, 1.54) is 23.9 Å². The fourth-order valence-electron chi connectivity index (χ4n) is 4.58. The molecule has 5 rings (SSSR count). The van der Waals surface area contributed by atoms with Gasteiger partial charge in [-0.2, -0.15) is 0 Å². The van der Waals surface area contributed by atoms with E-state index in [0.717, 1.165) is 51.6 Å². The molecule has 0 spiro atoms. The number of thioether (sulfide) groups is 1. The Bertz CT molecular complexity index is 1050. The minimum atomic E-state index is -0.0508. The molecular formula is C24H29N3O3S. The van der Waals surface area contributed by atoms with Crippen molar-refractivity contribution in [2.75, 3.05) is 12.4 Å². The molecule has 1 unspecified atom stereocenters. The molecule has 2 aromatic rings. The molecule has 3 aliphatic rings. The third-order valence-electron chi connectivity index (χ3n) is 6.32. The number of benzene rings is 1. The smallest absolute Gasteiger partial charge is 0.262 e. The van der Waals surface area contributed by atoms with Crippen LogP contribution in [0.2, 0.25) is 0 Å². The first-order valence-electron chi connectivity index (χ1n) is 11.5. The number of hydrogen-bond donors (Lipinski definition) is 0. The summed E-state index contributed by atoms with van der Waals surface area (Å²) in [6.45, 7) is 1.23. The standard InChI is InChI=1S/C24H29N3O3S/c28-22(27(18-12-13-18)17-7-2-1-3-8-17)16-31-24-25-21-11-5-4-10-20(21)23(29)26(24)15-19-9-6-14-30-19/h4-5,7,10-11,18-19H,1-3,6,8-9,12-16H2. The number of rotatable bonds is 7. The minimum Gasteiger partial charge on any atom is -0.376 e. The molecule has 31 heavy (non-hydrogen) atoms. The Morgan fingerprint density at radius 1 is 1.19 bits per heavy atom. The van der Waals surface area contributed by atoms with Gasteiger partial charge in [0.2, 0.25) is 5.91 Å². The van der Waals surface area contributed by atoms with Crippen molar-refractivity contribution in [1.82, 2.24) is 14.5 Å². The van der Waals surface area contributed by atoms with Gasteiger partial charge in [0.25, 0.3) is 5.56 Å². The molecule has 1 aromatic carbocycles. The number of carbonyl (C=O) groups is 1. The van der Waals surface area contributed by atoms with E-state index < -0.39 is 0 Å². The van der Waals surface area contributed by atoms with Crippen LogP contribution in [0, 0.1) is 0 Å². The maximum absolute atomic E-state index is 13.2. The van der Waals surface area contributed by atoms with Gasteiger partial charge in [-0.25, -0.2) is 4.98 Å². The Morgan fingerprint density at radius 3 is 2.81 bits per heavy atom. The van der Waals surface area contributed by atoms with Crippen LogP contribution in [-0.4, -0.2) is 44.9 Å². The summed E-state index contributed by atoms with van der Waals surface area (Å²) in [5.41, 5.74) is 1.83. The Hall–Kier alpha value is -2.12. The first-order chi connectivity index (χ1) is 15.2. The highest BCUT2D eigenvalue weighted by atomic mass is 32.2. The lowest BCUT2D eigenvalue weighted by Crippen LogP contribution is -2.35. The molecule has 2 aliphatic carbocycles. The van der Waals surface area contributed by atoms with E-state index in [1.807, 2.05) is 29.2 Å². The molecule has 1 saturated carbocycles. The van der Waals surface area contributed by atoms with Crippen molar-refractivity contribution in [2.45, 2.75) is 75.2 Å². The topological polar surface area (TPSA) is 64.4 Å². The van der Waals surface area contributed by atoms with Gasteiger partial charge in [-0.15, -0.1) is 0 Å². The van der Waals surface area contributed by atoms with Crippen LogP contribution < -0.4 is 5.56 Å². The summed E-state index contributed by atoms with van der Waals surface area (Å²) in [6, 6.07) is 7.80. The summed E-state index contributed by atoms with van der Waals surface area (Å²) >= 11 is 1.38. The fourth-order valence-corrected chi connectivity index (χ4v) is 5.45. The van der Waals surface area contributed by atoms with Gasteiger partial charge < -0.3 is 9.64 Å². The minimum absolute atomic E-state index is 0.0334. The lowest BCUT2D eigenvalue weighted by atomic mass is 10.0. The van der Waals surface area contributed by atoms with E-state index in [9.17, 15) is 9.59 Å². The molecule has 2 heterocycles. The third kappa shape index (κ3) is 4.58. The van der Waals surface area contributed by atoms with E-state index in [-0.39, 0.29) is 17.6 Å². The van der Waals surface area contributed by atoms with Gasteiger partial charge in [-0.05, 0) is 63.5 Å². The number of allylic oxidation sites excluding steroid dienone is 2. The van der Waals surface area contributed by atoms with Crippen molar-refractivity contribution in [3.63, 3.8) is 0 Å². The van der Waals surface area contributed by atoms with Crippen LogP contribution in [0.5, 0.6) is 0 Å². The monoisotopic (exact) mass is 439 g/mol. The molecule has 0 bridgehead atoms. The van der Waals surface area contributed by atoms with E-state index in [4.69, 9.17) is 9.72 Å². The summed E-state index contributed by atoms with van der Waals surface area (Å²) in [5, 5.41) is 1.23. The van der Waals surface area contributed by atoms with Gasteiger partial charge >= 0.3 is 0 Å². The highest BCUT2D eigenvalue weighted by Gasteiger charge is 2.35. The Kier molecular flexibility index (Phi) is 6.14. The van der Waals surface area contributed by atoms with E-state index in [1.54, 1.807) is 4.57 Å². The van der Waals surface area contributed by atoms with Crippen LogP contribution >= 0.6 is 11.8 Å². The van der Waals surface area contributed by atoms with Crippen molar-refractivity contribution in [3.05, 3.63) is 46.4 Å². The van der Waals surface area contributed by atoms with Gasteiger partial charge in [-0.3, -0.25) is 14.2 Å². The summed E-state index contributed by atoms with van der Waals surface area (Å²) < 4.78 is 7.50. The van der Waals surface area contributed by atoms with Gasteiger partial charge in [0.05, 0.1) is 29.3 Å². The van der Waals surface area contributed by atoms with Crippen LogP contribution in [0.4, 0.5) is 0 Å².